The number of benzene rings is 2. The highest BCUT2D eigenvalue weighted by Crippen LogP contribution is 2.31. The molecule has 4 nitrogen and oxygen atoms in total. The molecule has 0 saturated heterocycles. The Morgan fingerprint density at radius 1 is 1.10 bits per heavy atom. The summed E-state index contributed by atoms with van der Waals surface area (Å²) in [5.41, 5.74) is 3.84. The van der Waals surface area contributed by atoms with Crippen LogP contribution >= 0.6 is 0 Å². The molecular formula is C24H27F3N4. The van der Waals surface area contributed by atoms with Crippen molar-refractivity contribution in [3.05, 3.63) is 71.4 Å². The van der Waals surface area contributed by atoms with Gasteiger partial charge in [0, 0.05) is 25.0 Å². The molecule has 0 spiro atoms. The zero-order valence-electron chi connectivity index (χ0n) is 18.0. The summed E-state index contributed by atoms with van der Waals surface area (Å²) in [6.07, 6.45) is 0.475. The molecular weight excluding hydrogens is 401 g/mol. The third-order valence-corrected chi connectivity index (χ3v) is 5.16. The lowest BCUT2D eigenvalue weighted by Gasteiger charge is -2.22. The third kappa shape index (κ3) is 5.61. The van der Waals surface area contributed by atoms with Crippen molar-refractivity contribution in [1.29, 1.82) is 0 Å². The van der Waals surface area contributed by atoms with Gasteiger partial charge in [0.15, 0.2) is 0 Å². The Kier molecular flexibility index (Phi) is 7.28. The van der Waals surface area contributed by atoms with Crippen molar-refractivity contribution in [2.45, 2.75) is 33.0 Å². The first-order valence-electron chi connectivity index (χ1n) is 10.4. The van der Waals surface area contributed by atoms with Crippen molar-refractivity contribution in [1.82, 2.24) is 15.1 Å². The predicted molar refractivity (Wildman–Crippen MR) is 120 cm³/mol. The van der Waals surface area contributed by atoms with E-state index in [9.17, 15) is 13.2 Å². The number of nitrogens with zero attached hydrogens (tertiary/aromatic N) is 3. The number of likely N-dealkylation sites (N-methyl/N-ethyl adjacent to an activating group) is 1. The first-order valence-corrected chi connectivity index (χ1v) is 10.4. The van der Waals surface area contributed by atoms with Crippen molar-refractivity contribution in [3.8, 4) is 0 Å². The fourth-order valence-electron chi connectivity index (χ4n) is 3.49. The molecule has 0 amide bonds. The maximum atomic E-state index is 12.9. The van der Waals surface area contributed by atoms with E-state index in [1.54, 1.807) is 12.3 Å². The summed E-state index contributed by atoms with van der Waals surface area (Å²) in [7, 11) is 2.10. The molecule has 0 atom stereocenters. The van der Waals surface area contributed by atoms with Crippen LogP contribution in [-0.2, 0) is 12.7 Å². The standard InChI is InChI=1S/C22H21F3N4.C2H6/c1-29-9-7-16(8-10-29)17-5-6-20-19(12-17)21(14-27-28-20)26-13-15-3-2-4-18(11-15)22(23,24)25;1-2/h2-7,11-12,14H,8-10,13H2,1H3,(H,26,28);1-2H3. The molecule has 2 heterocycles. The van der Waals surface area contributed by atoms with Crippen LogP contribution in [0.2, 0.25) is 0 Å². The summed E-state index contributed by atoms with van der Waals surface area (Å²) in [6, 6.07) is 11.4. The smallest absolute Gasteiger partial charge is 0.379 e. The molecule has 0 bridgehead atoms. The van der Waals surface area contributed by atoms with Gasteiger partial charge in [-0.15, -0.1) is 0 Å². The molecule has 2 aromatic carbocycles. The minimum absolute atomic E-state index is 0.266. The number of hydrogen-bond acceptors (Lipinski definition) is 4. The van der Waals surface area contributed by atoms with Crippen molar-refractivity contribution in [3.63, 3.8) is 0 Å². The normalized spacial score (nSPS) is 14.6. The Labute approximate surface area is 180 Å². The minimum Gasteiger partial charge on any atom is -0.379 e. The Bertz CT molecular complexity index is 1060. The highest BCUT2D eigenvalue weighted by molar-refractivity contribution is 5.92. The number of rotatable bonds is 4. The Balaban J connectivity index is 0.00000132. The molecule has 0 radical (unpaired) electrons. The van der Waals surface area contributed by atoms with Crippen molar-refractivity contribution in [2.24, 2.45) is 0 Å². The van der Waals surface area contributed by atoms with Crippen LogP contribution in [0, 0.1) is 0 Å². The van der Waals surface area contributed by atoms with Gasteiger partial charge in [0.1, 0.15) is 0 Å². The van der Waals surface area contributed by atoms with Gasteiger partial charge in [-0.2, -0.15) is 23.4 Å². The van der Waals surface area contributed by atoms with Gasteiger partial charge in [-0.25, -0.2) is 0 Å². The second kappa shape index (κ2) is 9.92. The molecule has 0 aliphatic carbocycles. The molecule has 1 aromatic heterocycles. The van der Waals surface area contributed by atoms with Gasteiger partial charge in [-0.1, -0.05) is 38.1 Å². The quantitative estimate of drug-likeness (QED) is 0.553. The van der Waals surface area contributed by atoms with E-state index >= 15 is 0 Å². The minimum atomic E-state index is -4.35. The van der Waals surface area contributed by atoms with E-state index in [0.29, 0.717) is 5.56 Å². The predicted octanol–water partition coefficient (Wildman–Crippen LogP) is 6.01. The molecule has 1 aliphatic heterocycles. The number of nitrogens with one attached hydrogen (secondary N) is 1. The van der Waals surface area contributed by atoms with E-state index in [4.69, 9.17) is 0 Å². The molecule has 0 unspecified atom stereocenters. The first-order chi connectivity index (χ1) is 14.9. The van der Waals surface area contributed by atoms with Gasteiger partial charge in [0.05, 0.1) is 23.0 Å². The topological polar surface area (TPSA) is 41.1 Å². The molecule has 7 heteroatoms. The maximum absolute atomic E-state index is 12.9. The van der Waals surface area contributed by atoms with E-state index in [0.717, 1.165) is 47.7 Å². The molecule has 1 aliphatic rings. The van der Waals surface area contributed by atoms with E-state index < -0.39 is 11.7 Å². The number of fused-ring (bicyclic) bond motifs is 1. The Morgan fingerprint density at radius 2 is 1.90 bits per heavy atom. The van der Waals surface area contributed by atoms with Crippen LogP contribution in [0.4, 0.5) is 18.9 Å². The summed E-state index contributed by atoms with van der Waals surface area (Å²) in [4.78, 5) is 2.26. The summed E-state index contributed by atoms with van der Waals surface area (Å²) in [6.45, 7) is 6.20. The fraction of sp³-hybridized carbons (Fsp3) is 0.333. The molecule has 0 saturated carbocycles. The molecule has 31 heavy (non-hydrogen) atoms. The van der Waals surface area contributed by atoms with Gasteiger partial charge >= 0.3 is 6.18 Å². The SMILES string of the molecule is CC.CN1CC=C(c2ccc3nncc(NCc4cccc(C(F)(F)F)c4)c3c2)CC1. The van der Waals surface area contributed by atoms with Crippen LogP contribution in [-0.4, -0.2) is 35.2 Å². The van der Waals surface area contributed by atoms with Gasteiger partial charge < -0.3 is 10.2 Å². The summed E-state index contributed by atoms with van der Waals surface area (Å²) in [5.74, 6) is 0. The molecule has 164 valence electrons. The average molecular weight is 429 g/mol. The molecule has 4 rings (SSSR count). The monoisotopic (exact) mass is 428 g/mol. The van der Waals surface area contributed by atoms with E-state index in [2.05, 4.69) is 39.6 Å². The lowest BCUT2D eigenvalue weighted by atomic mass is 9.98. The van der Waals surface area contributed by atoms with Gasteiger partial charge in [-0.3, -0.25) is 0 Å². The molecule has 3 aromatic rings. The van der Waals surface area contributed by atoms with Gasteiger partial charge in [0.25, 0.3) is 0 Å². The molecule has 0 fully saturated rings. The maximum Gasteiger partial charge on any atom is 0.416 e. The number of aromatic nitrogens is 2. The number of hydrogen-bond donors (Lipinski definition) is 1. The number of halogens is 3. The van der Waals surface area contributed by atoms with Gasteiger partial charge in [0.2, 0.25) is 0 Å². The van der Waals surface area contributed by atoms with Crippen LogP contribution in [0.1, 0.15) is 37.0 Å². The van der Waals surface area contributed by atoms with E-state index in [-0.39, 0.29) is 6.54 Å². The third-order valence-electron chi connectivity index (χ3n) is 5.16. The van der Waals surface area contributed by atoms with Crippen LogP contribution in [0.5, 0.6) is 0 Å². The number of alkyl halides is 3. The van der Waals surface area contributed by atoms with Gasteiger partial charge in [-0.05, 0) is 54.4 Å². The summed E-state index contributed by atoms with van der Waals surface area (Å²) in [5, 5.41) is 12.3. The van der Waals surface area contributed by atoms with Crippen LogP contribution < -0.4 is 5.32 Å². The largest absolute Gasteiger partial charge is 0.416 e. The average Bonchev–Trinajstić information content (AvgIpc) is 2.79. The summed E-state index contributed by atoms with van der Waals surface area (Å²) >= 11 is 0. The highest BCUT2D eigenvalue weighted by Gasteiger charge is 2.30. The van der Waals surface area contributed by atoms with Crippen LogP contribution in [0.3, 0.4) is 0 Å². The lowest BCUT2D eigenvalue weighted by Crippen LogP contribution is -2.23. The van der Waals surface area contributed by atoms with E-state index in [1.165, 1.54) is 17.7 Å². The highest BCUT2D eigenvalue weighted by atomic mass is 19.4. The first kappa shape index (κ1) is 22.7. The second-order valence-electron chi connectivity index (χ2n) is 7.28. The van der Waals surface area contributed by atoms with Crippen LogP contribution in [0.25, 0.3) is 16.5 Å². The lowest BCUT2D eigenvalue weighted by molar-refractivity contribution is -0.137. The van der Waals surface area contributed by atoms with Crippen molar-refractivity contribution >= 4 is 22.2 Å². The zero-order chi connectivity index (χ0) is 22.4. The van der Waals surface area contributed by atoms with Crippen LogP contribution in [0.15, 0.2) is 54.7 Å². The zero-order valence-corrected chi connectivity index (χ0v) is 18.0. The fourth-order valence-corrected chi connectivity index (χ4v) is 3.49. The van der Waals surface area contributed by atoms with E-state index in [1.807, 2.05) is 26.0 Å². The van der Waals surface area contributed by atoms with Crippen molar-refractivity contribution in [2.75, 3.05) is 25.5 Å². The Morgan fingerprint density at radius 3 is 2.61 bits per heavy atom. The van der Waals surface area contributed by atoms with Crippen molar-refractivity contribution < 1.29 is 13.2 Å². The second-order valence-corrected chi connectivity index (χ2v) is 7.28. The molecule has 1 N–H and O–H groups in total. The number of anilines is 1. The Hall–Kier alpha value is -2.93. The summed E-state index contributed by atoms with van der Waals surface area (Å²) < 4.78 is 38.8.